The molecule has 0 aliphatic heterocycles. The van der Waals surface area contributed by atoms with Gasteiger partial charge in [-0.2, -0.15) is 0 Å². The lowest BCUT2D eigenvalue weighted by Crippen LogP contribution is -2.41. The minimum Gasteiger partial charge on any atom is -0.278 e. The third-order valence-corrected chi connectivity index (χ3v) is 3.82. The second-order valence-corrected chi connectivity index (χ2v) is 6.43. The van der Waals surface area contributed by atoms with E-state index in [1.165, 1.54) is 12.1 Å². The molecule has 0 atom stereocenters. The zero-order valence-electron chi connectivity index (χ0n) is 11.4. The maximum absolute atomic E-state index is 11.9. The Labute approximate surface area is 114 Å². The van der Waals surface area contributed by atoms with E-state index in [2.05, 4.69) is 10.3 Å². The Bertz CT molecular complexity index is 521. The molecule has 5 nitrogen and oxygen atoms in total. The van der Waals surface area contributed by atoms with Crippen molar-refractivity contribution in [3.05, 3.63) is 29.8 Å². The Morgan fingerprint density at radius 2 is 1.79 bits per heavy atom. The van der Waals surface area contributed by atoms with Gasteiger partial charge in [-0.25, -0.2) is 8.42 Å². The molecule has 1 amide bonds. The van der Waals surface area contributed by atoms with Crippen molar-refractivity contribution < 1.29 is 13.2 Å². The number of carbonyl (C=O) groups excluding carboxylic acids is 1. The topological polar surface area (TPSA) is 75.3 Å². The fourth-order valence-corrected chi connectivity index (χ4v) is 2.37. The van der Waals surface area contributed by atoms with Crippen LogP contribution in [-0.4, -0.2) is 14.3 Å². The maximum Gasteiger partial charge on any atom is 0.257 e. The number of amides is 1. The van der Waals surface area contributed by atoms with Gasteiger partial charge < -0.3 is 0 Å². The molecule has 106 valence electrons. The number of nitrogens with one attached hydrogen (secondary N) is 2. The summed E-state index contributed by atoms with van der Waals surface area (Å²) in [5, 5.41) is 0. The largest absolute Gasteiger partial charge is 0.278 e. The van der Waals surface area contributed by atoms with E-state index in [4.69, 9.17) is 0 Å². The molecular weight excluding hydrogens is 264 g/mol. The van der Waals surface area contributed by atoms with Gasteiger partial charge in [0.25, 0.3) is 10.0 Å². The number of hydrazine groups is 1. The molecule has 0 saturated carbocycles. The van der Waals surface area contributed by atoms with Crippen molar-refractivity contribution in [3.8, 4) is 0 Å². The van der Waals surface area contributed by atoms with Crippen molar-refractivity contribution in [2.45, 2.75) is 38.5 Å². The Kier molecular flexibility index (Phi) is 5.50. The number of hydrogen-bond donors (Lipinski definition) is 2. The fourth-order valence-electron chi connectivity index (χ4n) is 1.51. The summed E-state index contributed by atoms with van der Waals surface area (Å²) < 4.78 is 23.8. The van der Waals surface area contributed by atoms with Gasteiger partial charge in [0.05, 0.1) is 4.90 Å². The summed E-state index contributed by atoms with van der Waals surface area (Å²) in [5.74, 6) is -0.169. The van der Waals surface area contributed by atoms with E-state index in [0.29, 0.717) is 0 Å². The summed E-state index contributed by atoms with van der Waals surface area (Å²) >= 11 is 0. The fraction of sp³-hybridized carbons (Fsp3) is 0.462. The molecule has 1 aromatic carbocycles. The number of hydrogen-bond acceptors (Lipinski definition) is 3. The highest BCUT2D eigenvalue weighted by Crippen LogP contribution is 2.10. The van der Waals surface area contributed by atoms with Crippen LogP contribution >= 0.6 is 0 Å². The first-order valence-electron chi connectivity index (χ1n) is 6.24. The molecule has 19 heavy (non-hydrogen) atoms. The van der Waals surface area contributed by atoms with E-state index in [-0.39, 0.29) is 23.1 Å². The highest BCUT2D eigenvalue weighted by Gasteiger charge is 2.15. The van der Waals surface area contributed by atoms with Crippen LogP contribution in [0.15, 0.2) is 29.2 Å². The van der Waals surface area contributed by atoms with Crippen molar-refractivity contribution in [1.82, 2.24) is 10.3 Å². The van der Waals surface area contributed by atoms with Crippen LogP contribution in [0.2, 0.25) is 0 Å². The van der Waals surface area contributed by atoms with Crippen molar-refractivity contribution >= 4 is 15.9 Å². The van der Waals surface area contributed by atoms with E-state index in [9.17, 15) is 13.2 Å². The number of carbonyl (C=O) groups is 1. The first-order valence-corrected chi connectivity index (χ1v) is 7.73. The van der Waals surface area contributed by atoms with Crippen LogP contribution in [0.4, 0.5) is 0 Å². The summed E-state index contributed by atoms with van der Waals surface area (Å²) in [7, 11) is -3.70. The second-order valence-electron chi connectivity index (χ2n) is 4.75. The Morgan fingerprint density at radius 3 is 2.26 bits per heavy atom. The van der Waals surface area contributed by atoms with E-state index < -0.39 is 10.0 Å². The molecular formula is C13H20N2O3S. The van der Waals surface area contributed by atoms with Gasteiger partial charge in [0, 0.05) is 6.42 Å². The highest BCUT2D eigenvalue weighted by molar-refractivity contribution is 7.89. The maximum atomic E-state index is 11.9. The lowest BCUT2D eigenvalue weighted by molar-refractivity contribution is -0.122. The van der Waals surface area contributed by atoms with Gasteiger partial charge in [-0.15, -0.1) is 4.83 Å². The summed E-state index contributed by atoms with van der Waals surface area (Å²) in [5.41, 5.74) is 3.26. The Morgan fingerprint density at radius 1 is 1.21 bits per heavy atom. The Hall–Kier alpha value is -1.40. The van der Waals surface area contributed by atoms with E-state index in [1.54, 1.807) is 12.1 Å². The molecule has 0 heterocycles. The average Bonchev–Trinajstić information content (AvgIpc) is 2.36. The van der Waals surface area contributed by atoms with Gasteiger partial charge in [-0.1, -0.05) is 32.9 Å². The third-order valence-electron chi connectivity index (χ3n) is 2.56. The van der Waals surface area contributed by atoms with Gasteiger partial charge in [-0.05, 0) is 30.0 Å². The van der Waals surface area contributed by atoms with Crippen LogP contribution in [0.1, 0.15) is 32.8 Å². The van der Waals surface area contributed by atoms with Gasteiger partial charge in [-0.3, -0.25) is 10.2 Å². The normalized spacial score (nSPS) is 11.6. The summed E-state index contributed by atoms with van der Waals surface area (Å²) in [6, 6.07) is 6.56. The van der Waals surface area contributed by atoms with Gasteiger partial charge in [0.2, 0.25) is 5.91 Å². The number of sulfonamides is 1. The molecule has 0 fully saturated rings. The quantitative estimate of drug-likeness (QED) is 0.779. The first kappa shape index (κ1) is 15.7. The van der Waals surface area contributed by atoms with Crippen LogP contribution in [0.25, 0.3) is 0 Å². The molecule has 0 unspecified atom stereocenters. The van der Waals surface area contributed by atoms with E-state index in [0.717, 1.165) is 12.0 Å². The lowest BCUT2D eigenvalue weighted by atomic mass is 10.1. The smallest absolute Gasteiger partial charge is 0.257 e. The third kappa shape index (κ3) is 5.00. The molecule has 0 radical (unpaired) electrons. The molecule has 0 bridgehead atoms. The molecule has 0 spiro atoms. The monoisotopic (exact) mass is 284 g/mol. The summed E-state index contributed by atoms with van der Waals surface area (Å²) in [6.45, 7) is 5.77. The minimum absolute atomic E-state index is 0.134. The zero-order chi connectivity index (χ0) is 14.5. The number of aryl methyl sites for hydroxylation is 1. The second kappa shape index (κ2) is 6.68. The van der Waals surface area contributed by atoms with E-state index in [1.807, 2.05) is 20.8 Å². The molecule has 1 aromatic rings. The zero-order valence-corrected chi connectivity index (χ0v) is 12.3. The SMILES string of the molecule is CCc1ccc(S(=O)(=O)NNC(=O)CC(C)C)cc1. The van der Waals surface area contributed by atoms with Crippen molar-refractivity contribution in [2.75, 3.05) is 0 Å². The average molecular weight is 284 g/mol. The van der Waals surface area contributed by atoms with Crippen LogP contribution < -0.4 is 10.3 Å². The molecule has 0 aliphatic rings. The highest BCUT2D eigenvalue weighted by atomic mass is 32.2. The first-order chi connectivity index (χ1) is 8.85. The lowest BCUT2D eigenvalue weighted by Gasteiger charge is -2.09. The summed E-state index contributed by atoms with van der Waals surface area (Å²) in [4.78, 5) is 13.6. The minimum atomic E-state index is -3.70. The Balaban J connectivity index is 2.67. The molecule has 0 aliphatic carbocycles. The van der Waals surface area contributed by atoms with Crippen molar-refractivity contribution in [1.29, 1.82) is 0 Å². The van der Waals surface area contributed by atoms with Crippen molar-refractivity contribution in [2.24, 2.45) is 5.92 Å². The van der Waals surface area contributed by atoms with Gasteiger partial charge in [0.15, 0.2) is 0 Å². The predicted molar refractivity (Wildman–Crippen MR) is 73.7 cm³/mol. The predicted octanol–water partition coefficient (Wildman–Crippen LogP) is 1.60. The molecule has 0 saturated heterocycles. The molecule has 1 rings (SSSR count). The standard InChI is InChI=1S/C13H20N2O3S/c1-4-11-5-7-12(8-6-11)19(17,18)15-14-13(16)9-10(2)3/h5-8,10,15H,4,9H2,1-3H3,(H,14,16). The van der Waals surface area contributed by atoms with Crippen LogP contribution in [0.5, 0.6) is 0 Å². The summed E-state index contributed by atoms with van der Waals surface area (Å²) in [6.07, 6.45) is 1.12. The van der Waals surface area contributed by atoms with Crippen LogP contribution in [-0.2, 0) is 21.2 Å². The molecule has 0 aromatic heterocycles. The van der Waals surface area contributed by atoms with Crippen LogP contribution in [0, 0.1) is 5.92 Å². The van der Waals surface area contributed by atoms with Gasteiger partial charge >= 0.3 is 0 Å². The molecule has 2 N–H and O–H groups in total. The number of rotatable bonds is 6. The van der Waals surface area contributed by atoms with Crippen molar-refractivity contribution in [3.63, 3.8) is 0 Å². The van der Waals surface area contributed by atoms with Gasteiger partial charge in [0.1, 0.15) is 0 Å². The molecule has 6 heteroatoms. The number of benzene rings is 1. The van der Waals surface area contributed by atoms with Crippen LogP contribution in [0.3, 0.4) is 0 Å². The van der Waals surface area contributed by atoms with E-state index >= 15 is 0 Å².